The highest BCUT2D eigenvalue weighted by atomic mass is 79.9. The van der Waals surface area contributed by atoms with Crippen LogP contribution in [0.4, 0.5) is 0 Å². The van der Waals surface area contributed by atoms with Crippen LogP contribution in [0.2, 0.25) is 0 Å². The zero-order valence-corrected chi connectivity index (χ0v) is 15.3. The molecule has 4 nitrogen and oxygen atoms in total. The molecule has 0 aromatic heterocycles. The third-order valence-electron chi connectivity index (χ3n) is 4.19. The van der Waals surface area contributed by atoms with E-state index in [2.05, 4.69) is 32.8 Å². The number of hydrogen-bond donors (Lipinski definition) is 0. The van der Waals surface area contributed by atoms with Crippen LogP contribution in [0.3, 0.4) is 0 Å². The van der Waals surface area contributed by atoms with Gasteiger partial charge in [0.05, 0.1) is 6.54 Å². The molecule has 1 saturated heterocycles. The van der Waals surface area contributed by atoms with E-state index in [0.29, 0.717) is 6.54 Å². The average Bonchev–Trinajstić information content (AvgIpc) is 2.59. The lowest BCUT2D eigenvalue weighted by Gasteiger charge is -2.31. The number of likely N-dealkylation sites (N-methyl/N-ethyl adjacent to an activating group) is 1. The second kappa shape index (κ2) is 7.92. The first-order chi connectivity index (χ1) is 11.6. The van der Waals surface area contributed by atoms with Gasteiger partial charge in [0.15, 0.2) is 5.78 Å². The standard InChI is InChI=1S/C19H21BrN2O2/c1-21-10-12-22(13-11-21)14-19(23)15-2-6-17(7-3-15)24-18-8-4-16(20)5-9-18/h2-9H,10-14H2,1H3. The van der Waals surface area contributed by atoms with Gasteiger partial charge in [-0.15, -0.1) is 0 Å². The molecule has 0 aliphatic carbocycles. The highest BCUT2D eigenvalue weighted by Crippen LogP contribution is 2.23. The van der Waals surface area contributed by atoms with E-state index in [1.165, 1.54) is 0 Å². The molecule has 5 heteroatoms. The Kier molecular flexibility index (Phi) is 5.66. The van der Waals surface area contributed by atoms with Crippen LogP contribution in [0.1, 0.15) is 10.4 Å². The summed E-state index contributed by atoms with van der Waals surface area (Å²) in [6, 6.07) is 15.0. The number of halogens is 1. The van der Waals surface area contributed by atoms with Gasteiger partial charge in [0, 0.05) is 36.2 Å². The molecule has 24 heavy (non-hydrogen) atoms. The molecule has 2 aromatic rings. The number of carbonyl (C=O) groups excluding carboxylic acids is 1. The van der Waals surface area contributed by atoms with Crippen LogP contribution in [0.5, 0.6) is 11.5 Å². The molecule has 1 heterocycles. The molecular formula is C19H21BrN2O2. The molecule has 0 unspecified atom stereocenters. The number of rotatable bonds is 5. The first kappa shape index (κ1) is 17.1. The van der Waals surface area contributed by atoms with Crippen molar-refractivity contribution in [3.05, 3.63) is 58.6 Å². The zero-order valence-electron chi connectivity index (χ0n) is 13.7. The van der Waals surface area contributed by atoms with Crippen molar-refractivity contribution in [3.63, 3.8) is 0 Å². The molecule has 3 rings (SSSR count). The number of piperazine rings is 1. The summed E-state index contributed by atoms with van der Waals surface area (Å²) >= 11 is 3.40. The molecule has 0 atom stereocenters. The molecular weight excluding hydrogens is 368 g/mol. The van der Waals surface area contributed by atoms with Gasteiger partial charge in [0.1, 0.15) is 11.5 Å². The summed E-state index contributed by atoms with van der Waals surface area (Å²) in [7, 11) is 2.11. The van der Waals surface area contributed by atoms with Gasteiger partial charge < -0.3 is 9.64 Å². The van der Waals surface area contributed by atoms with Crippen molar-refractivity contribution in [1.82, 2.24) is 9.80 Å². The van der Waals surface area contributed by atoms with Crippen molar-refractivity contribution in [2.45, 2.75) is 0 Å². The van der Waals surface area contributed by atoms with Crippen LogP contribution in [0, 0.1) is 0 Å². The Bertz CT molecular complexity index is 678. The third-order valence-corrected chi connectivity index (χ3v) is 4.72. The minimum absolute atomic E-state index is 0.162. The maximum atomic E-state index is 12.4. The predicted octanol–water partition coefficient (Wildman–Crippen LogP) is 3.67. The van der Waals surface area contributed by atoms with Crippen LogP contribution in [0.25, 0.3) is 0 Å². The monoisotopic (exact) mass is 388 g/mol. The fourth-order valence-corrected chi connectivity index (χ4v) is 2.91. The van der Waals surface area contributed by atoms with Crippen molar-refractivity contribution >= 4 is 21.7 Å². The van der Waals surface area contributed by atoms with Gasteiger partial charge in [0.25, 0.3) is 0 Å². The number of carbonyl (C=O) groups is 1. The van der Waals surface area contributed by atoms with E-state index in [-0.39, 0.29) is 5.78 Å². The summed E-state index contributed by atoms with van der Waals surface area (Å²) in [6.45, 7) is 4.43. The number of Topliss-reactive ketones (excluding diaryl/α,β-unsaturated/α-hetero) is 1. The Labute approximate surface area is 151 Å². The Morgan fingerprint density at radius 3 is 2.08 bits per heavy atom. The fraction of sp³-hybridized carbons (Fsp3) is 0.316. The molecule has 0 radical (unpaired) electrons. The van der Waals surface area contributed by atoms with Crippen LogP contribution in [0.15, 0.2) is 53.0 Å². The minimum atomic E-state index is 0.162. The van der Waals surface area contributed by atoms with Crippen molar-refractivity contribution in [2.75, 3.05) is 39.8 Å². The number of ketones is 1. The summed E-state index contributed by atoms with van der Waals surface area (Å²) in [5.41, 5.74) is 0.733. The van der Waals surface area contributed by atoms with Gasteiger partial charge in [0.2, 0.25) is 0 Å². The first-order valence-electron chi connectivity index (χ1n) is 8.08. The van der Waals surface area contributed by atoms with Crippen LogP contribution < -0.4 is 4.74 Å². The molecule has 1 aliphatic heterocycles. The smallest absolute Gasteiger partial charge is 0.176 e. The molecule has 1 fully saturated rings. The third kappa shape index (κ3) is 4.66. The molecule has 0 N–H and O–H groups in total. The number of benzene rings is 2. The summed E-state index contributed by atoms with van der Waals surface area (Å²) in [5, 5.41) is 0. The number of nitrogens with zero attached hydrogens (tertiary/aromatic N) is 2. The van der Waals surface area contributed by atoms with Gasteiger partial charge in [-0.25, -0.2) is 0 Å². The molecule has 0 bridgehead atoms. The Hall–Kier alpha value is -1.69. The van der Waals surface area contributed by atoms with Crippen molar-refractivity contribution < 1.29 is 9.53 Å². The molecule has 0 saturated carbocycles. The summed E-state index contributed by atoms with van der Waals surface area (Å²) in [5.74, 6) is 1.66. The van der Waals surface area contributed by atoms with E-state index < -0.39 is 0 Å². The highest BCUT2D eigenvalue weighted by molar-refractivity contribution is 9.10. The predicted molar refractivity (Wildman–Crippen MR) is 98.9 cm³/mol. The SMILES string of the molecule is CN1CCN(CC(=O)c2ccc(Oc3ccc(Br)cc3)cc2)CC1. The summed E-state index contributed by atoms with van der Waals surface area (Å²) in [4.78, 5) is 16.9. The van der Waals surface area contributed by atoms with Gasteiger partial charge in [-0.3, -0.25) is 9.69 Å². The van der Waals surface area contributed by atoms with E-state index in [1.54, 1.807) is 0 Å². The average molecular weight is 389 g/mol. The Morgan fingerprint density at radius 2 is 1.50 bits per heavy atom. The van der Waals surface area contributed by atoms with Gasteiger partial charge in [-0.2, -0.15) is 0 Å². The van der Waals surface area contributed by atoms with Gasteiger partial charge in [-0.1, -0.05) is 15.9 Å². The molecule has 0 amide bonds. The van der Waals surface area contributed by atoms with E-state index in [9.17, 15) is 4.79 Å². The van der Waals surface area contributed by atoms with E-state index in [0.717, 1.165) is 47.7 Å². The highest BCUT2D eigenvalue weighted by Gasteiger charge is 2.17. The number of ether oxygens (including phenoxy) is 1. The first-order valence-corrected chi connectivity index (χ1v) is 8.87. The van der Waals surface area contributed by atoms with Crippen molar-refractivity contribution in [2.24, 2.45) is 0 Å². The van der Waals surface area contributed by atoms with E-state index in [4.69, 9.17) is 4.74 Å². The molecule has 0 spiro atoms. The van der Waals surface area contributed by atoms with Gasteiger partial charge in [-0.05, 0) is 55.6 Å². The summed E-state index contributed by atoms with van der Waals surface area (Å²) in [6.07, 6.45) is 0. The second-order valence-electron chi connectivity index (χ2n) is 6.08. The van der Waals surface area contributed by atoms with E-state index >= 15 is 0 Å². The molecule has 1 aliphatic rings. The Morgan fingerprint density at radius 1 is 0.958 bits per heavy atom. The van der Waals surface area contributed by atoms with Crippen LogP contribution >= 0.6 is 15.9 Å². The Balaban J connectivity index is 1.57. The molecule has 126 valence electrons. The minimum Gasteiger partial charge on any atom is -0.457 e. The normalized spacial score (nSPS) is 16.1. The molecule has 2 aromatic carbocycles. The fourth-order valence-electron chi connectivity index (χ4n) is 2.65. The maximum Gasteiger partial charge on any atom is 0.176 e. The number of hydrogen-bond acceptors (Lipinski definition) is 4. The lowest BCUT2D eigenvalue weighted by Crippen LogP contribution is -2.46. The van der Waals surface area contributed by atoms with Crippen molar-refractivity contribution in [1.29, 1.82) is 0 Å². The lowest BCUT2D eigenvalue weighted by molar-refractivity contribution is 0.0876. The second-order valence-corrected chi connectivity index (χ2v) is 7.00. The summed E-state index contributed by atoms with van der Waals surface area (Å²) < 4.78 is 6.80. The van der Waals surface area contributed by atoms with Crippen LogP contribution in [-0.2, 0) is 0 Å². The largest absolute Gasteiger partial charge is 0.457 e. The van der Waals surface area contributed by atoms with Crippen molar-refractivity contribution in [3.8, 4) is 11.5 Å². The topological polar surface area (TPSA) is 32.8 Å². The quantitative estimate of drug-likeness (QED) is 0.731. The van der Waals surface area contributed by atoms with E-state index in [1.807, 2.05) is 48.5 Å². The van der Waals surface area contributed by atoms with Gasteiger partial charge >= 0.3 is 0 Å². The maximum absolute atomic E-state index is 12.4. The lowest BCUT2D eigenvalue weighted by atomic mass is 10.1. The van der Waals surface area contributed by atoms with Crippen LogP contribution in [-0.4, -0.2) is 55.4 Å². The zero-order chi connectivity index (χ0) is 16.9.